The summed E-state index contributed by atoms with van der Waals surface area (Å²) in [6, 6.07) is 67.0. The lowest BCUT2D eigenvalue weighted by Gasteiger charge is -2.44. The summed E-state index contributed by atoms with van der Waals surface area (Å²) in [6.07, 6.45) is 0. The molecule has 2 aliphatic heterocycles. The van der Waals surface area contributed by atoms with E-state index in [2.05, 4.69) is 168 Å². The van der Waals surface area contributed by atoms with Crippen molar-refractivity contribution in [2.75, 3.05) is 20.2 Å². The molecular formula is C47H40N2OS2. The Morgan fingerprint density at radius 2 is 0.673 bits per heavy atom. The molecule has 0 aromatic heterocycles. The van der Waals surface area contributed by atoms with Gasteiger partial charge in [-0.1, -0.05) is 175 Å². The number of methoxy groups -OCH3 is 1. The highest BCUT2D eigenvalue weighted by molar-refractivity contribution is 7.99. The van der Waals surface area contributed by atoms with Gasteiger partial charge in [-0.2, -0.15) is 0 Å². The van der Waals surface area contributed by atoms with Gasteiger partial charge in [-0.25, -0.2) is 0 Å². The molecule has 0 saturated heterocycles. The number of ether oxygens (including phenoxy) is 1. The number of benzene rings is 7. The number of para-hydroxylation sites is 1. The van der Waals surface area contributed by atoms with Gasteiger partial charge in [-0.15, -0.1) is 0 Å². The minimum absolute atomic E-state index is 0.473. The number of rotatable bonds is 8. The van der Waals surface area contributed by atoms with E-state index in [9.17, 15) is 0 Å². The molecule has 0 amide bonds. The highest BCUT2D eigenvalue weighted by atomic mass is 32.2. The van der Waals surface area contributed by atoms with Crippen LogP contribution < -0.4 is 15.4 Å². The Bertz CT molecular complexity index is 2030. The van der Waals surface area contributed by atoms with Crippen molar-refractivity contribution in [3.05, 3.63) is 221 Å². The summed E-state index contributed by atoms with van der Waals surface area (Å²) in [5.74, 6) is 0.910. The van der Waals surface area contributed by atoms with Gasteiger partial charge in [0.25, 0.3) is 0 Å². The smallest absolute Gasteiger partial charge is 0.118 e. The molecule has 7 aromatic carbocycles. The van der Waals surface area contributed by atoms with Crippen LogP contribution in [0.15, 0.2) is 208 Å². The first-order valence-corrected chi connectivity index (χ1v) is 19.3. The standard InChI is InChI=1S/C40H32N2S2.C7H8O/c1-3-15-29(16-4-1)39(31-19-7-11-23-35(31)43-36-24-12-8-20-32(36)39)41-27-28-42-40(30-17-5-2-6-18-30)33-21-9-13-25-37(33)44-38-26-14-10-22-34(38)40;1-8-7-5-3-2-4-6-7/h1-26,41-42H,27-28H2;2-6H,1H3. The molecule has 2 heterocycles. The van der Waals surface area contributed by atoms with Crippen molar-refractivity contribution in [2.24, 2.45) is 0 Å². The highest BCUT2D eigenvalue weighted by Crippen LogP contribution is 2.52. The molecule has 2 aliphatic rings. The van der Waals surface area contributed by atoms with Crippen LogP contribution in [0.3, 0.4) is 0 Å². The second-order valence-electron chi connectivity index (χ2n) is 12.8. The fourth-order valence-corrected chi connectivity index (χ4v) is 10.0. The summed E-state index contributed by atoms with van der Waals surface area (Å²) in [5, 5.41) is 8.28. The predicted octanol–water partition coefficient (Wildman–Crippen LogP) is 10.8. The first kappa shape index (κ1) is 34.1. The van der Waals surface area contributed by atoms with Crippen LogP contribution in [0.4, 0.5) is 0 Å². The van der Waals surface area contributed by atoms with Crippen molar-refractivity contribution in [3.8, 4) is 5.75 Å². The van der Waals surface area contributed by atoms with Gasteiger partial charge in [-0.05, 0) is 69.8 Å². The maximum atomic E-state index is 4.91. The van der Waals surface area contributed by atoms with Crippen molar-refractivity contribution in [3.63, 3.8) is 0 Å². The molecule has 5 heteroatoms. The van der Waals surface area contributed by atoms with E-state index < -0.39 is 11.1 Å². The maximum absolute atomic E-state index is 4.91. The van der Waals surface area contributed by atoms with E-state index in [0.29, 0.717) is 0 Å². The second-order valence-corrected chi connectivity index (χ2v) is 15.0. The van der Waals surface area contributed by atoms with E-state index in [0.717, 1.165) is 18.8 Å². The van der Waals surface area contributed by atoms with Crippen LogP contribution in [0.5, 0.6) is 5.75 Å². The van der Waals surface area contributed by atoms with Gasteiger partial charge in [0.1, 0.15) is 5.75 Å². The van der Waals surface area contributed by atoms with Crippen molar-refractivity contribution >= 4 is 23.5 Å². The largest absolute Gasteiger partial charge is 0.497 e. The third-order valence-corrected chi connectivity index (χ3v) is 12.2. The molecule has 9 rings (SSSR count). The molecular weight excluding hydrogens is 673 g/mol. The van der Waals surface area contributed by atoms with Crippen molar-refractivity contribution in [1.29, 1.82) is 0 Å². The van der Waals surface area contributed by atoms with Crippen LogP contribution in [-0.4, -0.2) is 20.2 Å². The first-order valence-electron chi connectivity index (χ1n) is 17.7. The lowest BCUT2D eigenvalue weighted by molar-refractivity contribution is 0.407. The number of nitrogens with one attached hydrogen (secondary N) is 2. The first-order chi connectivity index (χ1) is 25.7. The zero-order valence-corrected chi connectivity index (χ0v) is 30.7. The Labute approximate surface area is 315 Å². The highest BCUT2D eigenvalue weighted by Gasteiger charge is 2.44. The Hall–Kier alpha value is -5.04. The molecule has 52 heavy (non-hydrogen) atoms. The SMILES string of the molecule is COc1ccccc1.c1ccc(C2(NCCNC3(c4ccccc4)c4ccccc4Sc4ccccc43)c3ccccc3Sc3ccccc32)cc1. The van der Waals surface area contributed by atoms with Crippen LogP contribution in [0.2, 0.25) is 0 Å². The van der Waals surface area contributed by atoms with E-state index in [1.165, 1.54) is 53.0 Å². The van der Waals surface area contributed by atoms with E-state index >= 15 is 0 Å². The average Bonchev–Trinajstić information content (AvgIpc) is 3.23. The van der Waals surface area contributed by atoms with E-state index in [1.807, 2.05) is 53.9 Å². The van der Waals surface area contributed by atoms with Gasteiger partial charge in [0, 0.05) is 32.7 Å². The normalized spacial score (nSPS) is 14.3. The van der Waals surface area contributed by atoms with Gasteiger partial charge >= 0.3 is 0 Å². The molecule has 0 saturated carbocycles. The molecule has 0 bridgehead atoms. The molecule has 0 unspecified atom stereocenters. The minimum Gasteiger partial charge on any atom is -0.497 e. The number of hydrogen-bond donors (Lipinski definition) is 2. The Balaban J connectivity index is 0.000000430. The van der Waals surface area contributed by atoms with E-state index in [1.54, 1.807) is 7.11 Å². The zero-order valence-electron chi connectivity index (χ0n) is 29.0. The van der Waals surface area contributed by atoms with Crippen LogP contribution >= 0.6 is 23.5 Å². The third kappa shape index (κ3) is 6.24. The zero-order chi connectivity index (χ0) is 35.2. The summed E-state index contributed by atoms with van der Waals surface area (Å²) < 4.78 is 4.91. The summed E-state index contributed by atoms with van der Waals surface area (Å²) in [4.78, 5) is 5.18. The lowest BCUT2D eigenvalue weighted by atomic mass is 9.76. The molecule has 2 N–H and O–H groups in total. The van der Waals surface area contributed by atoms with Crippen LogP contribution in [0, 0.1) is 0 Å². The van der Waals surface area contributed by atoms with Gasteiger partial charge in [0.05, 0.1) is 18.2 Å². The molecule has 0 spiro atoms. The van der Waals surface area contributed by atoms with Crippen LogP contribution in [0.25, 0.3) is 0 Å². The monoisotopic (exact) mass is 712 g/mol. The summed E-state index contributed by atoms with van der Waals surface area (Å²) >= 11 is 3.73. The molecule has 0 atom stereocenters. The van der Waals surface area contributed by atoms with E-state index in [4.69, 9.17) is 4.74 Å². The summed E-state index contributed by atoms with van der Waals surface area (Å²) in [6.45, 7) is 1.52. The molecule has 7 aromatic rings. The molecule has 0 radical (unpaired) electrons. The minimum atomic E-state index is -0.473. The molecule has 3 nitrogen and oxygen atoms in total. The molecule has 0 fully saturated rings. The quantitative estimate of drug-likeness (QED) is 0.153. The van der Waals surface area contributed by atoms with Crippen molar-refractivity contribution in [2.45, 2.75) is 30.7 Å². The van der Waals surface area contributed by atoms with Gasteiger partial charge in [0.2, 0.25) is 0 Å². The average molecular weight is 713 g/mol. The number of hydrogen-bond acceptors (Lipinski definition) is 5. The third-order valence-electron chi connectivity index (χ3n) is 9.90. The maximum Gasteiger partial charge on any atom is 0.118 e. The fraction of sp³-hybridized carbons (Fsp3) is 0.106. The van der Waals surface area contributed by atoms with E-state index in [-0.39, 0.29) is 0 Å². The Morgan fingerprint density at radius 3 is 0.981 bits per heavy atom. The van der Waals surface area contributed by atoms with Crippen LogP contribution in [-0.2, 0) is 11.1 Å². The predicted molar refractivity (Wildman–Crippen MR) is 216 cm³/mol. The van der Waals surface area contributed by atoms with Gasteiger partial charge in [0.15, 0.2) is 0 Å². The summed E-state index contributed by atoms with van der Waals surface area (Å²) in [5.41, 5.74) is 6.77. The van der Waals surface area contributed by atoms with Gasteiger partial charge in [-0.3, -0.25) is 10.6 Å². The summed E-state index contributed by atoms with van der Waals surface area (Å²) in [7, 11) is 1.66. The lowest BCUT2D eigenvalue weighted by Crippen LogP contribution is -2.52. The topological polar surface area (TPSA) is 33.3 Å². The Kier molecular flexibility index (Phi) is 10.0. The van der Waals surface area contributed by atoms with Gasteiger partial charge < -0.3 is 4.74 Å². The van der Waals surface area contributed by atoms with Crippen molar-refractivity contribution < 1.29 is 4.74 Å². The van der Waals surface area contributed by atoms with Crippen LogP contribution in [0.1, 0.15) is 33.4 Å². The Morgan fingerprint density at radius 1 is 0.385 bits per heavy atom. The molecule has 256 valence electrons. The van der Waals surface area contributed by atoms with Crippen molar-refractivity contribution in [1.82, 2.24) is 10.6 Å². The fourth-order valence-electron chi connectivity index (χ4n) is 7.63. The second kappa shape index (κ2) is 15.3. The number of fused-ring (bicyclic) bond motifs is 4. The molecule has 0 aliphatic carbocycles.